The Kier molecular flexibility index (Phi) is 7.80. The molecule has 2 aromatic rings. The van der Waals surface area contributed by atoms with Crippen molar-refractivity contribution in [2.24, 2.45) is 0 Å². The van der Waals surface area contributed by atoms with Crippen molar-refractivity contribution < 1.29 is 32.9 Å². The van der Waals surface area contributed by atoms with Crippen LogP contribution in [0.4, 0.5) is 4.39 Å². The molecule has 7 nitrogen and oxygen atoms in total. The quantitative estimate of drug-likeness (QED) is 0.476. The first-order valence-electron chi connectivity index (χ1n) is 8.36. The fraction of sp³-hybridized carbons (Fsp3) is 0.250. The number of esters is 2. The zero-order chi connectivity index (χ0) is 21.4. The van der Waals surface area contributed by atoms with Crippen LogP contribution in [0.1, 0.15) is 13.8 Å². The molecule has 0 saturated heterocycles. The average Bonchev–Trinajstić information content (AvgIpc) is 2.69. The molecule has 0 bridgehead atoms. The maximum absolute atomic E-state index is 13.7. The van der Waals surface area contributed by atoms with Gasteiger partial charge in [-0.1, -0.05) is 17.5 Å². The van der Waals surface area contributed by atoms with Gasteiger partial charge < -0.3 is 18.9 Å². The number of benzene rings is 1. The molecule has 0 saturated carbocycles. The topological polar surface area (TPSA) is 84.0 Å². The van der Waals surface area contributed by atoms with Crippen molar-refractivity contribution in [3.8, 4) is 29.7 Å². The minimum Gasteiger partial charge on any atom is -0.479 e. The number of hydrogen-bond acceptors (Lipinski definition) is 7. The third kappa shape index (κ3) is 6.66. The maximum Gasteiger partial charge on any atom is 0.348 e. The van der Waals surface area contributed by atoms with E-state index in [0.717, 1.165) is 6.07 Å². The predicted molar refractivity (Wildman–Crippen MR) is 101 cm³/mol. The smallest absolute Gasteiger partial charge is 0.348 e. The Morgan fingerprint density at radius 3 is 2.45 bits per heavy atom. The molecule has 0 fully saturated rings. The molecule has 152 valence electrons. The van der Waals surface area contributed by atoms with E-state index in [1.807, 2.05) is 0 Å². The highest BCUT2D eigenvalue weighted by Crippen LogP contribution is 2.26. The zero-order valence-corrected chi connectivity index (χ0v) is 16.3. The summed E-state index contributed by atoms with van der Waals surface area (Å²) in [6.07, 6.45) is 4.12. The second kappa shape index (κ2) is 10.3. The lowest BCUT2D eigenvalue weighted by atomic mass is 10.3. The summed E-state index contributed by atoms with van der Waals surface area (Å²) in [7, 11) is 0. The number of hydrogen-bond donors (Lipinski definition) is 0. The first kappa shape index (κ1) is 22.0. The molecular weight excluding hydrogens is 405 g/mol. The van der Waals surface area contributed by atoms with Crippen molar-refractivity contribution in [1.82, 2.24) is 4.98 Å². The van der Waals surface area contributed by atoms with E-state index >= 15 is 0 Å². The van der Waals surface area contributed by atoms with E-state index in [0.29, 0.717) is 11.5 Å². The molecule has 0 amide bonds. The Morgan fingerprint density at radius 2 is 1.83 bits per heavy atom. The number of terminal acetylenes is 1. The molecule has 1 heterocycles. The molecule has 0 spiro atoms. The number of ether oxygens (including phenoxy) is 4. The van der Waals surface area contributed by atoms with E-state index < -0.39 is 30.0 Å². The van der Waals surface area contributed by atoms with Gasteiger partial charge in [0.25, 0.3) is 5.88 Å². The van der Waals surface area contributed by atoms with E-state index in [1.54, 1.807) is 0 Å². The molecule has 29 heavy (non-hydrogen) atoms. The van der Waals surface area contributed by atoms with Crippen LogP contribution >= 0.6 is 11.6 Å². The van der Waals surface area contributed by atoms with Gasteiger partial charge in [-0.15, -0.1) is 6.42 Å². The highest BCUT2D eigenvalue weighted by atomic mass is 35.5. The molecule has 0 radical (unpaired) electrons. The SMILES string of the molecule is C#CCOC(=O)[C@@H](C)OC(=O)[C@@H](C)Oc1ccc(Oc2ncc(Cl)cc2F)cc1. The zero-order valence-electron chi connectivity index (χ0n) is 15.6. The van der Waals surface area contributed by atoms with Crippen LogP contribution in [0.25, 0.3) is 0 Å². The van der Waals surface area contributed by atoms with Crippen LogP contribution < -0.4 is 9.47 Å². The van der Waals surface area contributed by atoms with Crippen LogP contribution in [0.5, 0.6) is 17.4 Å². The Labute approximate surface area is 171 Å². The first-order valence-corrected chi connectivity index (χ1v) is 8.74. The molecular formula is C20H17ClFNO6. The monoisotopic (exact) mass is 421 g/mol. The molecule has 1 aromatic carbocycles. The number of pyridine rings is 1. The Morgan fingerprint density at radius 1 is 1.17 bits per heavy atom. The molecule has 2 rings (SSSR count). The van der Waals surface area contributed by atoms with Gasteiger partial charge in [0.15, 0.2) is 24.6 Å². The van der Waals surface area contributed by atoms with E-state index in [-0.39, 0.29) is 17.5 Å². The third-order valence-corrected chi connectivity index (χ3v) is 3.59. The number of rotatable bonds is 8. The minimum atomic E-state index is -1.13. The lowest BCUT2D eigenvalue weighted by molar-refractivity contribution is -0.169. The molecule has 1 aromatic heterocycles. The van der Waals surface area contributed by atoms with E-state index in [9.17, 15) is 14.0 Å². The number of aromatic nitrogens is 1. The molecule has 2 atom stereocenters. The van der Waals surface area contributed by atoms with Gasteiger partial charge in [0.05, 0.1) is 5.02 Å². The molecule has 0 unspecified atom stereocenters. The maximum atomic E-state index is 13.7. The normalized spacial score (nSPS) is 12.2. The summed E-state index contributed by atoms with van der Waals surface area (Å²) in [6.45, 7) is 2.61. The molecule has 0 aliphatic heterocycles. The van der Waals surface area contributed by atoms with Gasteiger partial charge in [-0.2, -0.15) is 0 Å². The molecule has 0 aliphatic rings. The fourth-order valence-electron chi connectivity index (χ4n) is 1.98. The Balaban J connectivity index is 1.90. The van der Waals surface area contributed by atoms with Gasteiger partial charge in [0.2, 0.25) is 0 Å². The third-order valence-electron chi connectivity index (χ3n) is 3.38. The second-order valence-electron chi connectivity index (χ2n) is 5.67. The average molecular weight is 422 g/mol. The van der Waals surface area contributed by atoms with Crippen molar-refractivity contribution in [2.75, 3.05) is 6.61 Å². The van der Waals surface area contributed by atoms with E-state index in [1.165, 1.54) is 44.3 Å². The van der Waals surface area contributed by atoms with Crippen molar-refractivity contribution in [2.45, 2.75) is 26.1 Å². The Hall–Kier alpha value is -3.31. The summed E-state index contributed by atoms with van der Waals surface area (Å²) >= 11 is 5.64. The van der Waals surface area contributed by atoms with Crippen LogP contribution in [0.2, 0.25) is 5.02 Å². The lowest BCUT2D eigenvalue weighted by Crippen LogP contribution is -2.33. The highest BCUT2D eigenvalue weighted by molar-refractivity contribution is 6.30. The predicted octanol–water partition coefficient (Wildman–Crippen LogP) is 3.54. The number of carbonyl (C=O) groups is 2. The highest BCUT2D eigenvalue weighted by Gasteiger charge is 2.24. The lowest BCUT2D eigenvalue weighted by Gasteiger charge is -2.17. The van der Waals surface area contributed by atoms with Crippen LogP contribution in [-0.2, 0) is 19.1 Å². The van der Waals surface area contributed by atoms with Gasteiger partial charge >= 0.3 is 11.9 Å². The summed E-state index contributed by atoms with van der Waals surface area (Å²) in [6, 6.07) is 7.11. The largest absolute Gasteiger partial charge is 0.479 e. The van der Waals surface area contributed by atoms with Crippen LogP contribution in [0.3, 0.4) is 0 Å². The van der Waals surface area contributed by atoms with Crippen molar-refractivity contribution in [3.05, 3.63) is 47.4 Å². The van der Waals surface area contributed by atoms with Crippen molar-refractivity contribution in [1.29, 1.82) is 0 Å². The van der Waals surface area contributed by atoms with Gasteiger partial charge in [0, 0.05) is 6.20 Å². The summed E-state index contributed by atoms with van der Waals surface area (Å²) < 4.78 is 34.2. The van der Waals surface area contributed by atoms with Gasteiger partial charge in [-0.3, -0.25) is 0 Å². The summed E-state index contributed by atoms with van der Waals surface area (Å²) in [5.74, 6) is 0.311. The standard InChI is InChI=1S/C20H17ClFNO6/c1-4-9-26-19(24)12(2)28-20(25)13(3)27-15-5-7-16(8-6-15)29-18-17(22)10-14(21)11-23-18/h1,5-8,10-13H,9H2,2-3H3/t12-,13-/m1/s1. The van der Waals surface area contributed by atoms with E-state index in [2.05, 4.69) is 15.6 Å². The van der Waals surface area contributed by atoms with Crippen molar-refractivity contribution in [3.63, 3.8) is 0 Å². The first-order chi connectivity index (χ1) is 13.8. The van der Waals surface area contributed by atoms with Crippen LogP contribution in [0, 0.1) is 18.2 Å². The summed E-state index contributed by atoms with van der Waals surface area (Å²) in [5.41, 5.74) is 0. The molecule has 9 heteroatoms. The molecule has 0 N–H and O–H groups in total. The minimum absolute atomic E-state index is 0.151. The van der Waals surface area contributed by atoms with Gasteiger partial charge in [0.1, 0.15) is 11.5 Å². The number of carbonyl (C=O) groups excluding carboxylic acids is 2. The fourth-order valence-corrected chi connectivity index (χ4v) is 2.12. The van der Waals surface area contributed by atoms with Crippen LogP contribution in [-0.4, -0.2) is 35.7 Å². The number of nitrogens with zero attached hydrogens (tertiary/aromatic N) is 1. The second-order valence-corrected chi connectivity index (χ2v) is 6.10. The van der Waals surface area contributed by atoms with Crippen molar-refractivity contribution >= 4 is 23.5 Å². The van der Waals surface area contributed by atoms with E-state index in [4.69, 9.17) is 32.2 Å². The summed E-state index contributed by atoms with van der Waals surface area (Å²) in [4.78, 5) is 27.3. The van der Waals surface area contributed by atoms with Gasteiger partial charge in [-0.05, 0) is 44.2 Å². The van der Waals surface area contributed by atoms with Gasteiger partial charge in [-0.25, -0.2) is 19.0 Å². The Bertz CT molecular complexity index is 912. The summed E-state index contributed by atoms with van der Waals surface area (Å²) in [5, 5.41) is 0.151. The molecule has 0 aliphatic carbocycles. The number of halogens is 2. The van der Waals surface area contributed by atoms with Crippen LogP contribution in [0.15, 0.2) is 36.5 Å².